The molecule has 1 heterocycles. The molecule has 0 bridgehead atoms. The number of carbonyl (C=O) groups is 1. The zero-order valence-electron chi connectivity index (χ0n) is 15.6. The van der Waals surface area contributed by atoms with Gasteiger partial charge in [-0.05, 0) is 45.7 Å². The zero-order chi connectivity index (χ0) is 19.6. The number of rotatable bonds is 5. The van der Waals surface area contributed by atoms with Crippen LogP contribution in [0.15, 0.2) is 44.7 Å². The lowest BCUT2D eigenvalue weighted by Gasteiger charge is -2.14. The molecule has 1 aromatic heterocycles. The monoisotopic (exact) mass is 389 g/mol. The highest BCUT2D eigenvalue weighted by Crippen LogP contribution is 2.30. The van der Waals surface area contributed by atoms with Crippen molar-refractivity contribution < 1.29 is 17.6 Å². The molecule has 144 valence electrons. The molecule has 0 atom stereocenters. The predicted molar refractivity (Wildman–Crippen MR) is 102 cm³/mol. The minimum atomic E-state index is -3.75. The van der Waals surface area contributed by atoms with Crippen LogP contribution < -0.4 is 10.1 Å². The number of hydrazone groups is 1. The van der Waals surface area contributed by atoms with Crippen molar-refractivity contribution in [2.75, 3.05) is 0 Å². The molecule has 1 amide bonds. The Hall–Kier alpha value is -2.61. The summed E-state index contributed by atoms with van der Waals surface area (Å²) in [6, 6.07) is 8.06. The van der Waals surface area contributed by atoms with E-state index < -0.39 is 10.0 Å². The highest BCUT2D eigenvalue weighted by atomic mass is 32.2. The number of carbonyl (C=O) groups excluding carboxylic acids is 1. The van der Waals surface area contributed by atoms with Crippen LogP contribution in [0.1, 0.15) is 54.1 Å². The lowest BCUT2D eigenvalue weighted by atomic mass is 9.93. The summed E-state index contributed by atoms with van der Waals surface area (Å²) in [7, 11) is -3.75. The Balaban J connectivity index is 1.91. The van der Waals surface area contributed by atoms with Gasteiger partial charge >= 0.3 is 0 Å². The molecule has 0 fully saturated rings. The highest BCUT2D eigenvalue weighted by Gasteiger charge is 2.28. The first-order chi connectivity index (χ1) is 12.8. The van der Waals surface area contributed by atoms with Crippen molar-refractivity contribution in [1.82, 2.24) is 10.1 Å². The molecule has 1 aromatic carbocycles. The predicted octanol–water partition coefficient (Wildman–Crippen LogP) is 2.75. The van der Waals surface area contributed by atoms with Crippen LogP contribution in [-0.4, -0.2) is 26.1 Å². The molecule has 27 heavy (non-hydrogen) atoms. The summed E-state index contributed by atoms with van der Waals surface area (Å²) < 4.78 is 30.6. The maximum Gasteiger partial charge on any atom is 0.287 e. The average molecular weight is 389 g/mol. The Labute approximate surface area is 158 Å². The SMILES string of the molecule is Cc1c(C(=O)NC(C)C)oc2c1/C(=N/NS(=O)(=O)c1ccccc1)CCC2. The lowest BCUT2D eigenvalue weighted by Crippen LogP contribution is -2.30. The Morgan fingerprint density at radius 3 is 2.56 bits per heavy atom. The summed E-state index contributed by atoms with van der Waals surface area (Å²) >= 11 is 0. The van der Waals surface area contributed by atoms with Gasteiger partial charge in [0, 0.05) is 23.6 Å². The van der Waals surface area contributed by atoms with E-state index in [2.05, 4.69) is 15.2 Å². The standard InChI is InChI=1S/C19H23N3O4S/c1-12(2)20-19(23)18-13(3)17-15(10-7-11-16(17)26-18)21-22-27(24,25)14-8-5-4-6-9-14/h4-6,8-9,12,22H,7,10-11H2,1-3H3,(H,20,23)/b21-15+. The van der Waals surface area contributed by atoms with Crippen molar-refractivity contribution in [3.05, 3.63) is 53.0 Å². The van der Waals surface area contributed by atoms with Crippen LogP contribution in [0.2, 0.25) is 0 Å². The number of amides is 1. The summed E-state index contributed by atoms with van der Waals surface area (Å²) in [5.41, 5.74) is 1.99. The number of aryl methyl sites for hydroxylation is 1. The first kappa shape index (κ1) is 19.2. The van der Waals surface area contributed by atoms with Gasteiger partial charge in [0.05, 0.1) is 10.6 Å². The van der Waals surface area contributed by atoms with E-state index in [1.54, 1.807) is 25.1 Å². The molecule has 3 rings (SSSR count). The Kier molecular flexibility index (Phi) is 5.36. The van der Waals surface area contributed by atoms with E-state index in [4.69, 9.17) is 4.42 Å². The van der Waals surface area contributed by atoms with E-state index in [0.29, 0.717) is 29.9 Å². The summed E-state index contributed by atoms with van der Waals surface area (Å²) in [5.74, 6) is 0.653. The molecule has 0 saturated heterocycles. The third-order valence-electron chi connectivity index (χ3n) is 4.31. The number of hydrogen-bond donors (Lipinski definition) is 2. The second-order valence-corrected chi connectivity index (χ2v) is 8.46. The summed E-state index contributed by atoms with van der Waals surface area (Å²) in [6.07, 6.45) is 2.07. The van der Waals surface area contributed by atoms with Gasteiger partial charge in [-0.25, -0.2) is 0 Å². The normalized spacial score (nSPS) is 15.6. The van der Waals surface area contributed by atoms with Gasteiger partial charge in [-0.3, -0.25) is 4.79 Å². The minimum absolute atomic E-state index is 0.00940. The topological polar surface area (TPSA) is 101 Å². The molecular weight excluding hydrogens is 366 g/mol. The van der Waals surface area contributed by atoms with Gasteiger partial charge in [0.2, 0.25) is 0 Å². The van der Waals surface area contributed by atoms with Crippen molar-refractivity contribution in [2.24, 2.45) is 5.10 Å². The lowest BCUT2D eigenvalue weighted by molar-refractivity contribution is 0.0912. The second-order valence-electron chi connectivity index (χ2n) is 6.80. The van der Waals surface area contributed by atoms with Crippen LogP contribution in [0.4, 0.5) is 0 Å². The van der Waals surface area contributed by atoms with Crippen molar-refractivity contribution in [2.45, 2.75) is 51.0 Å². The van der Waals surface area contributed by atoms with Crippen molar-refractivity contribution in [3.8, 4) is 0 Å². The van der Waals surface area contributed by atoms with Gasteiger partial charge in [0.1, 0.15) is 5.76 Å². The van der Waals surface area contributed by atoms with Crippen LogP contribution in [0, 0.1) is 6.92 Å². The molecule has 1 aliphatic carbocycles. The first-order valence-corrected chi connectivity index (χ1v) is 10.3. The Bertz CT molecular complexity index is 976. The van der Waals surface area contributed by atoms with Gasteiger partial charge in [-0.2, -0.15) is 18.4 Å². The molecule has 8 heteroatoms. The van der Waals surface area contributed by atoms with Crippen LogP contribution in [-0.2, 0) is 16.4 Å². The van der Waals surface area contributed by atoms with Crippen molar-refractivity contribution in [1.29, 1.82) is 0 Å². The zero-order valence-corrected chi connectivity index (χ0v) is 16.4. The maximum atomic E-state index is 12.4. The summed E-state index contributed by atoms with van der Waals surface area (Å²) in [6.45, 7) is 5.55. The first-order valence-electron chi connectivity index (χ1n) is 8.86. The molecule has 0 saturated carbocycles. The fourth-order valence-corrected chi connectivity index (χ4v) is 3.94. The van der Waals surface area contributed by atoms with E-state index in [9.17, 15) is 13.2 Å². The van der Waals surface area contributed by atoms with Crippen molar-refractivity contribution in [3.63, 3.8) is 0 Å². The smallest absolute Gasteiger partial charge is 0.287 e. The molecule has 0 unspecified atom stereocenters. The Morgan fingerprint density at radius 2 is 1.89 bits per heavy atom. The molecule has 0 aliphatic heterocycles. The fraction of sp³-hybridized carbons (Fsp3) is 0.368. The van der Waals surface area contributed by atoms with Crippen molar-refractivity contribution >= 4 is 21.6 Å². The van der Waals surface area contributed by atoms with Gasteiger partial charge in [-0.1, -0.05) is 18.2 Å². The van der Waals surface area contributed by atoms with Crippen LogP contribution >= 0.6 is 0 Å². The molecule has 2 aromatic rings. The summed E-state index contributed by atoms with van der Waals surface area (Å²) in [4.78, 5) is 14.8. The number of sulfonamides is 1. The second kappa shape index (κ2) is 7.56. The number of fused-ring (bicyclic) bond motifs is 1. The minimum Gasteiger partial charge on any atom is -0.455 e. The third-order valence-corrected chi connectivity index (χ3v) is 5.53. The van der Waals surface area contributed by atoms with Crippen LogP contribution in [0.3, 0.4) is 0 Å². The number of hydrogen-bond acceptors (Lipinski definition) is 5. The van der Waals surface area contributed by atoms with Gasteiger partial charge in [-0.15, -0.1) is 0 Å². The molecule has 0 spiro atoms. The highest BCUT2D eigenvalue weighted by molar-refractivity contribution is 7.89. The number of nitrogens with one attached hydrogen (secondary N) is 2. The van der Waals surface area contributed by atoms with E-state index in [1.807, 2.05) is 13.8 Å². The van der Waals surface area contributed by atoms with Crippen LogP contribution in [0.25, 0.3) is 0 Å². The van der Waals surface area contributed by atoms with Gasteiger partial charge < -0.3 is 9.73 Å². The van der Waals surface area contributed by atoms with E-state index in [-0.39, 0.29) is 22.6 Å². The summed E-state index contributed by atoms with van der Waals surface area (Å²) in [5, 5.41) is 6.97. The third kappa shape index (κ3) is 4.05. The molecule has 2 N–H and O–H groups in total. The average Bonchev–Trinajstić information content (AvgIpc) is 2.98. The van der Waals surface area contributed by atoms with Gasteiger partial charge in [0.25, 0.3) is 15.9 Å². The van der Waals surface area contributed by atoms with E-state index in [0.717, 1.165) is 12.0 Å². The van der Waals surface area contributed by atoms with E-state index in [1.165, 1.54) is 12.1 Å². The molecule has 7 nitrogen and oxygen atoms in total. The number of benzene rings is 1. The van der Waals surface area contributed by atoms with Crippen LogP contribution in [0.5, 0.6) is 0 Å². The largest absolute Gasteiger partial charge is 0.455 e. The fourth-order valence-electron chi connectivity index (χ4n) is 3.09. The molecule has 0 radical (unpaired) electrons. The maximum absolute atomic E-state index is 12.4. The van der Waals surface area contributed by atoms with E-state index >= 15 is 0 Å². The molecule has 1 aliphatic rings. The number of nitrogens with zero attached hydrogens (tertiary/aromatic N) is 1. The number of furan rings is 1. The molecular formula is C19H23N3O4S. The quantitative estimate of drug-likeness (QED) is 0.768. The Morgan fingerprint density at radius 1 is 1.19 bits per heavy atom. The van der Waals surface area contributed by atoms with Gasteiger partial charge in [0.15, 0.2) is 5.76 Å².